The third-order valence-electron chi connectivity index (χ3n) is 7.12. The van der Waals surface area contributed by atoms with E-state index >= 15 is 0 Å². The maximum Gasteiger partial charge on any atom is 0.411 e. The predicted octanol–water partition coefficient (Wildman–Crippen LogP) is 6.19. The molecule has 3 fully saturated rings. The van der Waals surface area contributed by atoms with E-state index in [9.17, 15) is 14.9 Å². The number of rotatable bonds is 7. The topological polar surface area (TPSA) is 82.4 Å². The van der Waals surface area contributed by atoms with E-state index in [0.717, 1.165) is 48.1 Å². The third-order valence-corrected chi connectivity index (χ3v) is 8.01. The van der Waals surface area contributed by atoms with Gasteiger partial charge in [0.2, 0.25) is 5.91 Å². The quantitative estimate of drug-likeness (QED) is 0.441. The molecule has 2 aromatic carbocycles. The number of hydrogen-bond donors (Lipinski definition) is 1. The number of nitrogens with zero attached hydrogens (tertiary/aromatic N) is 2. The van der Waals surface area contributed by atoms with Crippen LogP contribution in [-0.4, -0.2) is 46.4 Å². The number of nitrogens with one attached hydrogen (secondary N) is 1. The molecule has 1 N–H and O–H groups in total. The van der Waals surface area contributed by atoms with Crippen LogP contribution in [0, 0.1) is 17.2 Å². The lowest BCUT2D eigenvalue weighted by molar-refractivity contribution is -0.135. The fraction of sp³-hybridized carbons (Fsp3) is 0.500. The van der Waals surface area contributed by atoms with Crippen molar-refractivity contribution in [3.8, 4) is 17.2 Å². The van der Waals surface area contributed by atoms with E-state index in [0.29, 0.717) is 6.42 Å². The molecule has 2 saturated heterocycles. The molecule has 1 aliphatic carbocycles. The van der Waals surface area contributed by atoms with Gasteiger partial charge in [-0.05, 0) is 86.9 Å². The van der Waals surface area contributed by atoms with Gasteiger partial charge in [-0.25, -0.2) is 4.79 Å². The molecule has 0 spiro atoms. The zero-order valence-corrected chi connectivity index (χ0v) is 23.0. The van der Waals surface area contributed by atoms with Crippen LogP contribution in [0.3, 0.4) is 0 Å². The molecule has 2 aromatic rings. The van der Waals surface area contributed by atoms with Crippen molar-refractivity contribution in [2.24, 2.45) is 5.92 Å². The zero-order valence-electron chi connectivity index (χ0n) is 22.2. The smallest absolute Gasteiger partial charge is 0.411 e. The number of carbonyl (C=O) groups excluding carboxylic acids is 2. The summed E-state index contributed by atoms with van der Waals surface area (Å²) in [4.78, 5) is 29.4. The first-order valence-corrected chi connectivity index (χ1v) is 14.2. The van der Waals surface area contributed by atoms with E-state index in [4.69, 9.17) is 4.74 Å². The van der Waals surface area contributed by atoms with Gasteiger partial charge in [-0.15, -0.1) is 11.8 Å². The molecule has 3 aliphatic rings. The molecule has 2 aliphatic heterocycles. The largest absolute Gasteiger partial charge is 0.444 e. The highest BCUT2D eigenvalue weighted by molar-refractivity contribution is 7.99. The van der Waals surface area contributed by atoms with E-state index in [1.165, 1.54) is 4.90 Å². The van der Waals surface area contributed by atoms with Gasteiger partial charge in [0.25, 0.3) is 0 Å². The molecule has 1 saturated carbocycles. The number of benzene rings is 2. The Kier molecular flexibility index (Phi) is 8.49. The zero-order chi connectivity index (χ0) is 26.6. The molecule has 37 heavy (non-hydrogen) atoms. The average Bonchev–Trinajstić information content (AvgIpc) is 2.88. The van der Waals surface area contributed by atoms with Gasteiger partial charge in [-0.2, -0.15) is 5.26 Å². The van der Waals surface area contributed by atoms with Gasteiger partial charge in [0.15, 0.2) is 0 Å². The molecule has 2 amide bonds. The maximum atomic E-state index is 13.4. The number of carbonyl (C=O) groups is 2. The molecule has 2 bridgehead atoms. The Hall–Kier alpha value is -2.98. The molecule has 2 atom stereocenters. The number of thioether (sulfide) groups is 1. The lowest BCUT2D eigenvalue weighted by Gasteiger charge is -2.50. The highest BCUT2D eigenvalue weighted by Crippen LogP contribution is 2.40. The number of hydrogen-bond acceptors (Lipinski definition) is 5. The molecule has 5 rings (SSSR count). The van der Waals surface area contributed by atoms with Crippen LogP contribution in [0.15, 0.2) is 53.4 Å². The van der Waals surface area contributed by atoms with Crippen molar-refractivity contribution in [1.82, 2.24) is 10.2 Å². The second-order valence-corrected chi connectivity index (χ2v) is 12.3. The van der Waals surface area contributed by atoms with E-state index in [1.54, 1.807) is 4.90 Å². The van der Waals surface area contributed by atoms with Crippen LogP contribution in [-0.2, 0) is 16.0 Å². The van der Waals surface area contributed by atoms with Crippen molar-refractivity contribution in [3.63, 3.8) is 0 Å². The van der Waals surface area contributed by atoms with E-state index in [1.807, 2.05) is 44.7 Å². The summed E-state index contributed by atoms with van der Waals surface area (Å²) in [6, 6.07) is 17.6. The summed E-state index contributed by atoms with van der Waals surface area (Å²) < 4.78 is 5.64. The Labute approximate surface area is 224 Å². The Balaban J connectivity index is 1.42. The minimum absolute atomic E-state index is 0.0123. The summed E-state index contributed by atoms with van der Waals surface area (Å²) in [5, 5.41) is 12.8. The number of ether oxygens (including phenoxy) is 1. The predicted molar refractivity (Wildman–Crippen MR) is 147 cm³/mol. The van der Waals surface area contributed by atoms with Gasteiger partial charge >= 0.3 is 6.09 Å². The van der Waals surface area contributed by atoms with Crippen LogP contribution >= 0.6 is 11.8 Å². The Morgan fingerprint density at radius 1 is 1.05 bits per heavy atom. The van der Waals surface area contributed by atoms with Gasteiger partial charge in [-0.3, -0.25) is 9.69 Å². The summed E-state index contributed by atoms with van der Waals surface area (Å²) in [6.07, 6.45) is 3.58. The van der Waals surface area contributed by atoms with E-state index < -0.39 is 23.8 Å². The summed E-state index contributed by atoms with van der Waals surface area (Å²) in [7, 11) is 0. The summed E-state index contributed by atoms with van der Waals surface area (Å²) in [6.45, 7) is 7.64. The minimum atomic E-state index is -0.676. The maximum absolute atomic E-state index is 13.4. The van der Waals surface area contributed by atoms with Crippen LogP contribution in [0.4, 0.5) is 4.79 Å². The molecule has 0 aromatic heterocycles. The fourth-order valence-corrected chi connectivity index (χ4v) is 6.09. The highest BCUT2D eigenvalue weighted by Gasteiger charge is 2.49. The van der Waals surface area contributed by atoms with E-state index in [-0.39, 0.29) is 17.9 Å². The number of amides is 2. The lowest BCUT2D eigenvalue weighted by Crippen LogP contribution is -2.64. The number of fused-ring (bicyclic) bond motifs is 3. The van der Waals surface area contributed by atoms with E-state index in [2.05, 4.69) is 54.7 Å². The van der Waals surface area contributed by atoms with Crippen molar-refractivity contribution in [2.75, 3.05) is 5.75 Å². The first-order chi connectivity index (χ1) is 17.7. The molecule has 6 nitrogen and oxygen atoms in total. The first kappa shape index (κ1) is 27.1. The first-order valence-electron chi connectivity index (χ1n) is 13.2. The molecule has 0 unspecified atom stereocenters. The second kappa shape index (κ2) is 11.6. The summed E-state index contributed by atoms with van der Waals surface area (Å²) in [5.41, 5.74) is 2.60. The van der Waals surface area contributed by atoms with Gasteiger partial charge < -0.3 is 10.1 Å². The lowest BCUT2D eigenvalue weighted by atomic mass is 9.74. The molecule has 2 heterocycles. The van der Waals surface area contributed by atoms with Crippen LogP contribution in [0.1, 0.15) is 58.9 Å². The molecular formula is C30H37N3O3S. The fourth-order valence-electron chi connectivity index (χ4n) is 5.43. The third kappa shape index (κ3) is 6.67. The monoisotopic (exact) mass is 519 g/mol. The van der Waals surface area contributed by atoms with Gasteiger partial charge in [-0.1, -0.05) is 43.3 Å². The SMILES string of the molecule is CCSc1ccc(-c2ccc(C[C@@H](C#N)NC(=O)[C@@H]3C4CCC(CC4)N3C(=O)OC(C)(C)C)cc2)cc1. The normalized spacial score (nSPS) is 21.7. The van der Waals surface area contributed by atoms with Crippen LogP contribution in [0.5, 0.6) is 0 Å². The van der Waals surface area contributed by atoms with Gasteiger partial charge in [0.05, 0.1) is 6.07 Å². The highest BCUT2D eigenvalue weighted by atomic mass is 32.2. The average molecular weight is 520 g/mol. The van der Waals surface area contributed by atoms with Crippen molar-refractivity contribution in [2.45, 2.75) is 88.4 Å². The van der Waals surface area contributed by atoms with Crippen molar-refractivity contribution < 1.29 is 14.3 Å². The van der Waals surface area contributed by atoms with Gasteiger partial charge in [0, 0.05) is 17.4 Å². The second-order valence-electron chi connectivity index (χ2n) is 10.9. The molecule has 196 valence electrons. The van der Waals surface area contributed by atoms with Crippen molar-refractivity contribution in [1.29, 1.82) is 5.26 Å². The number of piperidine rings is 2. The minimum Gasteiger partial charge on any atom is -0.444 e. The van der Waals surface area contributed by atoms with Crippen LogP contribution in [0.2, 0.25) is 0 Å². The summed E-state index contributed by atoms with van der Waals surface area (Å²) in [5.74, 6) is 0.887. The Morgan fingerprint density at radius 2 is 1.65 bits per heavy atom. The standard InChI is InChI=1S/C30H37N3O3S/c1-5-37-26-16-12-22(13-17-26)21-8-6-20(7-9-21)18-24(19-31)32-28(34)27-23-10-14-25(15-11-23)33(27)29(35)36-30(2,3)4/h6-9,12-13,16-17,23-25,27H,5,10-11,14-15,18H2,1-4H3,(H,32,34)/t23?,24-,25?,27-/m0/s1. The van der Waals surface area contributed by atoms with Crippen molar-refractivity contribution in [3.05, 3.63) is 54.1 Å². The number of nitriles is 1. The molecule has 7 heteroatoms. The summed E-state index contributed by atoms with van der Waals surface area (Å²) >= 11 is 1.82. The Morgan fingerprint density at radius 3 is 2.19 bits per heavy atom. The molecular weight excluding hydrogens is 482 g/mol. The Bertz CT molecular complexity index is 1130. The van der Waals surface area contributed by atoms with Crippen LogP contribution < -0.4 is 5.32 Å². The van der Waals surface area contributed by atoms with Crippen molar-refractivity contribution >= 4 is 23.8 Å². The molecule has 0 radical (unpaired) electrons. The van der Waals surface area contributed by atoms with Crippen LogP contribution in [0.25, 0.3) is 11.1 Å². The van der Waals surface area contributed by atoms with Gasteiger partial charge in [0.1, 0.15) is 17.7 Å².